The normalized spacial score (nSPS) is 10.7. The first-order valence-corrected chi connectivity index (χ1v) is 8.10. The third kappa shape index (κ3) is 5.81. The number of halogens is 2. The van der Waals surface area contributed by atoms with Gasteiger partial charge in [-0.1, -0.05) is 13.8 Å². The quantitative estimate of drug-likeness (QED) is 0.729. The van der Waals surface area contributed by atoms with E-state index < -0.39 is 0 Å². The molecule has 0 saturated carbocycles. The van der Waals surface area contributed by atoms with Crippen molar-refractivity contribution in [2.24, 2.45) is 11.7 Å². The summed E-state index contributed by atoms with van der Waals surface area (Å²) in [5, 5.41) is 2.83. The molecule has 3 N–H and O–H groups in total. The molecule has 0 aliphatic carbocycles. The first-order valence-electron chi connectivity index (χ1n) is 6.51. The van der Waals surface area contributed by atoms with E-state index in [2.05, 4.69) is 51.0 Å². The second-order valence-corrected chi connectivity index (χ2v) is 6.62. The van der Waals surface area contributed by atoms with Crippen LogP contribution in [0.2, 0.25) is 0 Å². The van der Waals surface area contributed by atoms with E-state index in [4.69, 9.17) is 10.5 Å². The second-order valence-electron chi connectivity index (χ2n) is 4.91. The van der Waals surface area contributed by atoms with Gasteiger partial charge < -0.3 is 15.8 Å². The number of carbonyl (C=O) groups excluding carboxylic acids is 1. The topological polar surface area (TPSA) is 64.3 Å². The van der Waals surface area contributed by atoms with Crippen molar-refractivity contribution in [1.29, 1.82) is 0 Å². The summed E-state index contributed by atoms with van der Waals surface area (Å²) in [6.07, 6.45) is 0.963. The van der Waals surface area contributed by atoms with Crippen molar-refractivity contribution in [2.45, 2.75) is 26.8 Å². The third-order valence-electron chi connectivity index (χ3n) is 2.69. The lowest BCUT2D eigenvalue weighted by molar-refractivity contribution is -0.123. The lowest BCUT2D eigenvalue weighted by atomic mass is 10.1. The molecule has 6 heteroatoms. The van der Waals surface area contributed by atoms with Crippen LogP contribution in [0.5, 0.6) is 5.75 Å². The summed E-state index contributed by atoms with van der Waals surface area (Å²) in [6, 6.07) is 3.77. The van der Waals surface area contributed by atoms with E-state index in [1.807, 2.05) is 12.1 Å². The summed E-state index contributed by atoms with van der Waals surface area (Å²) in [7, 11) is 0. The van der Waals surface area contributed by atoms with Gasteiger partial charge in [0, 0.05) is 13.1 Å². The van der Waals surface area contributed by atoms with Gasteiger partial charge in [-0.05, 0) is 61.9 Å². The molecule has 0 bridgehead atoms. The zero-order valence-corrected chi connectivity index (χ0v) is 14.9. The smallest absolute Gasteiger partial charge is 0.257 e. The zero-order chi connectivity index (χ0) is 15.1. The fraction of sp³-hybridized carbons (Fsp3) is 0.500. The summed E-state index contributed by atoms with van der Waals surface area (Å²) in [5.74, 6) is 1.07. The van der Waals surface area contributed by atoms with Crippen LogP contribution in [0.4, 0.5) is 0 Å². The predicted molar refractivity (Wildman–Crippen MR) is 87.7 cm³/mol. The minimum atomic E-state index is -0.118. The van der Waals surface area contributed by atoms with Crippen LogP contribution in [-0.2, 0) is 11.3 Å². The highest BCUT2D eigenvalue weighted by molar-refractivity contribution is 9.11. The number of amides is 1. The van der Waals surface area contributed by atoms with Crippen molar-refractivity contribution in [2.75, 3.05) is 13.2 Å². The monoisotopic (exact) mass is 406 g/mol. The number of ether oxygens (including phenoxy) is 1. The van der Waals surface area contributed by atoms with Gasteiger partial charge in [-0.15, -0.1) is 0 Å². The average Bonchev–Trinajstić information content (AvgIpc) is 2.36. The summed E-state index contributed by atoms with van der Waals surface area (Å²) < 4.78 is 7.10. The Bertz CT molecular complexity index is 441. The second kappa shape index (κ2) is 8.64. The summed E-state index contributed by atoms with van der Waals surface area (Å²) in [6.45, 7) is 5.37. The van der Waals surface area contributed by atoms with Gasteiger partial charge in [0.05, 0.1) is 8.95 Å². The van der Waals surface area contributed by atoms with Crippen LogP contribution in [-0.4, -0.2) is 19.1 Å². The maximum atomic E-state index is 11.7. The molecule has 112 valence electrons. The molecular weight excluding hydrogens is 388 g/mol. The van der Waals surface area contributed by atoms with Crippen molar-refractivity contribution >= 4 is 37.8 Å². The van der Waals surface area contributed by atoms with Crippen molar-refractivity contribution in [3.63, 3.8) is 0 Å². The van der Waals surface area contributed by atoms with E-state index in [1.165, 1.54) is 0 Å². The number of hydrogen-bond acceptors (Lipinski definition) is 3. The Morgan fingerprint density at radius 3 is 2.45 bits per heavy atom. The molecule has 1 aromatic rings. The number of benzene rings is 1. The molecule has 0 fully saturated rings. The Kier molecular flexibility index (Phi) is 7.55. The molecular formula is C14H20Br2N2O2. The molecule has 0 spiro atoms. The van der Waals surface area contributed by atoms with Gasteiger partial charge >= 0.3 is 0 Å². The lowest BCUT2D eigenvalue weighted by Crippen LogP contribution is -2.30. The van der Waals surface area contributed by atoms with Crippen LogP contribution < -0.4 is 15.8 Å². The molecule has 1 aromatic carbocycles. The van der Waals surface area contributed by atoms with Crippen LogP contribution in [0.1, 0.15) is 25.8 Å². The third-order valence-corrected chi connectivity index (χ3v) is 3.86. The maximum Gasteiger partial charge on any atom is 0.257 e. The van der Waals surface area contributed by atoms with E-state index in [1.54, 1.807) is 0 Å². The number of nitrogens with two attached hydrogens (primary N) is 1. The summed E-state index contributed by atoms with van der Waals surface area (Å²) in [4.78, 5) is 11.7. The minimum Gasteiger partial charge on any atom is -0.481 e. The number of hydrogen-bond donors (Lipinski definition) is 2. The van der Waals surface area contributed by atoms with Crippen molar-refractivity contribution in [3.8, 4) is 5.75 Å². The highest BCUT2D eigenvalue weighted by atomic mass is 79.9. The minimum absolute atomic E-state index is 0.00271. The molecule has 0 saturated heterocycles. The number of carbonyl (C=O) groups is 1. The van der Waals surface area contributed by atoms with Crippen molar-refractivity contribution in [3.05, 3.63) is 26.6 Å². The largest absolute Gasteiger partial charge is 0.481 e. The Balaban J connectivity index is 2.51. The molecule has 20 heavy (non-hydrogen) atoms. The molecule has 4 nitrogen and oxygen atoms in total. The average molecular weight is 408 g/mol. The molecule has 0 radical (unpaired) electrons. The van der Waals surface area contributed by atoms with Gasteiger partial charge in [-0.25, -0.2) is 0 Å². The number of rotatable bonds is 7. The standard InChI is InChI=1S/C14H20Br2N2O2/c1-9(2)3-4-18-13(19)8-20-14-11(15)5-10(7-17)6-12(14)16/h5-6,9H,3-4,7-8,17H2,1-2H3,(H,18,19). The molecule has 0 aliphatic rings. The van der Waals surface area contributed by atoms with E-state index in [-0.39, 0.29) is 12.5 Å². The van der Waals surface area contributed by atoms with Gasteiger partial charge in [-0.3, -0.25) is 4.79 Å². The van der Waals surface area contributed by atoms with Crippen molar-refractivity contribution in [1.82, 2.24) is 5.32 Å². The molecule has 0 aromatic heterocycles. The Morgan fingerprint density at radius 1 is 1.35 bits per heavy atom. The fourth-order valence-corrected chi connectivity index (χ4v) is 3.07. The first-order chi connectivity index (χ1) is 9.43. The highest BCUT2D eigenvalue weighted by Crippen LogP contribution is 2.34. The van der Waals surface area contributed by atoms with E-state index in [0.717, 1.165) is 20.9 Å². The SMILES string of the molecule is CC(C)CCNC(=O)COc1c(Br)cc(CN)cc1Br. The number of nitrogens with one attached hydrogen (secondary N) is 1. The van der Waals surface area contributed by atoms with Gasteiger partial charge in [0.25, 0.3) is 5.91 Å². The van der Waals surface area contributed by atoms with Crippen LogP contribution in [0.15, 0.2) is 21.1 Å². The van der Waals surface area contributed by atoms with Gasteiger partial charge in [0.2, 0.25) is 0 Å². The first kappa shape index (κ1) is 17.5. The molecule has 0 aliphatic heterocycles. The van der Waals surface area contributed by atoms with Gasteiger partial charge in [0.1, 0.15) is 5.75 Å². The molecule has 1 amide bonds. The van der Waals surface area contributed by atoms with E-state index >= 15 is 0 Å². The van der Waals surface area contributed by atoms with Crippen LogP contribution in [0.25, 0.3) is 0 Å². The maximum absolute atomic E-state index is 11.7. The fourth-order valence-electron chi connectivity index (χ4n) is 1.56. The van der Waals surface area contributed by atoms with Gasteiger partial charge in [-0.2, -0.15) is 0 Å². The summed E-state index contributed by atoms with van der Waals surface area (Å²) in [5.41, 5.74) is 6.58. The summed E-state index contributed by atoms with van der Waals surface area (Å²) >= 11 is 6.84. The molecule has 0 unspecified atom stereocenters. The molecule has 0 heterocycles. The van der Waals surface area contributed by atoms with Crippen LogP contribution >= 0.6 is 31.9 Å². The molecule has 1 rings (SSSR count). The van der Waals surface area contributed by atoms with Gasteiger partial charge in [0.15, 0.2) is 6.61 Å². The Morgan fingerprint density at radius 2 is 1.95 bits per heavy atom. The van der Waals surface area contributed by atoms with Crippen LogP contribution in [0.3, 0.4) is 0 Å². The Labute approximate surface area is 136 Å². The van der Waals surface area contributed by atoms with E-state index in [0.29, 0.717) is 24.8 Å². The lowest BCUT2D eigenvalue weighted by Gasteiger charge is -2.12. The van der Waals surface area contributed by atoms with E-state index in [9.17, 15) is 4.79 Å². The van der Waals surface area contributed by atoms with Crippen LogP contribution in [0, 0.1) is 5.92 Å². The molecule has 0 atom stereocenters. The zero-order valence-electron chi connectivity index (χ0n) is 11.7. The Hall–Kier alpha value is -0.590. The predicted octanol–water partition coefficient (Wildman–Crippen LogP) is 3.21. The highest BCUT2D eigenvalue weighted by Gasteiger charge is 2.10. The van der Waals surface area contributed by atoms with Crippen molar-refractivity contribution < 1.29 is 9.53 Å².